The van der Waals surface area contributed by atoms with Gasteiger partial charge in [-0.2, -0.15) is 0 Å². The highest BCUT2D eigenvalue weighted by Gasteiger charge is 2.20. The number of likely N-dealkylation sites (tertiary alicyclic amines) is 1. The molecule has 1 aliphatic heterocycles. The minimum atomic E-state index is 0.431. The summed E-state index contributed by atoms with van der Waals surface area (Å²) in [5.74, 6) is 6.85. The van der Waals surface area contributed by atoms with Crippen molar-refractivity contribution in [1.82, 2.24) is 4.90 Å². The van der Waals surface area contributed by atoms with E-state index in [0.717, 1.165) is 26.1 Å². The molecular weight excluding hydrogens is 162 g/mol. The topological polar surface area (TPSA) is 12.5 Å². The van der Waals surface area contributed by atoms with E-state index in [-0.39, 0.29) is 0 Å². The molecule has 1 unspecified atom stereocenters. The van der Waals surface area contributed by atoms with Crippen LogP contribution >= 0.6 is 0 Å². The van der Waals surface area contributed by atoms with Crippen molar-refractivity contribution in [2.45, 2.75) is 26.4 Å². The Bertz CT molecular complexity index is 202. The number of rotatable bonds is 2. The quantitative estimate of drug-likeness (QED) is 0.597. The van der Waals surface area contributed by atoms with E-state index in [9.17, 15) is 0 Å². The fourth-order valence-electron chi connectivity index (χ4n) is 1.49. The van der Waals surface area contributed by atoms with Crippen LogP contribution in [0.5, 0.6) is 0 Å². The predicted octanol–water partition coefficient (Wildman–Crippen LogP) is 1.37. The van der Waals surface area contributed by atoms with Gasteiger partial charge in [-0.15, -0.1) is 0 Å². The summed E-state index contributed by atoms with van der Waals surface area (Å²) in [6.07, 6.45) is 1.58. The van der Waals surface area contributed by atoms with Crippen LogP contribution in [-0.4, -0.2) is 37.7 Å². The summed E-state index contributed by atoms with van der Waals surface area (Å²) in [4.78, 5) is 2.35. The molecule has 0 saturated carbocycles. The fraction of sp³-hybridized carbons (Fsp3) is 0.818. The lowest BCUT2D eigenvalue weighted by molar-refractivity contribution is 0.110. The smallest absolute Gasteiger partial charge is 0.0710 e. The van der Waals surface area contributed by atoms with Gasteiger partial charge in [-0.25, -0.2) is 0 Å². The van der Waals surface area contributed by atoms with Crippen molar-refractivity contribution in [2.24, 2.45) is 5.92 Å². The largest absolute Gasteiger partial charge is 0.380 e. The number of hydrogen-bond acceptors (Lipinski definition) is 2. The molecule has 0 amide bonds. The Morgan fingerprint density at radius 3 is 2.85 bits per heavy atom. The molecule has 13 heavy (non-hydrogen) atoms. The van der Waals surface area contributed by atoms with Gasteiger partial charge in [0.15, 0.2) is 0 Å². The first-order valence-corrected chi connectivity index (χ1v) is 4.96. The van der Waals surface area contributed by atoms with E-state index in [2.05, 4.69) is 30.6 Å². The van der Waals surface area contributed by atoms with E-state index in [1.165, 1.54) is 0 Å². The molecule has 0 aromatic carbocycles. The predicted molar refractivity (Wildman–Crippen MR) is 54.5 cm³/mol. The number of ether oxygens (including phenoxy) is 1. The maximum absolute atomic E-state index is 5.28. The standard InChI is InChI=1S/C11H19NO/c1-10(2)5-4-7-12-8-6-11(9-12)13-3/h10-11H,6-9H2,1-3H3. The molecule has 1 atom stereocenters. The first kappa shape index (κ1) is 10.6. The lowest BCUT2D eigenvalue weighted by atomic mass is 10.2. The van der Waals surface area contributed by atoms with Gasteiger partial charge in [-0.3, -0.25) is 4.90 Å². The molecule has 0 aromatic rings. The van der Waals surface area contributed by atoms with Crippen molar-refractivity contribution < 1.29 is 4.74 Å². The molecule has 1 heterocycles. The molecule has 0 spiro atoms. The van der Waals surface area contributed by atoms with Crippen molar-refractivity contribution in [3.05, 3.63) is 0 Å². The molecule has 0 aliphatic carbocycles. The third-order valence-electron chi connectivity index (χ3n) is 2.26. The second-order valence-corrected chi connectivity index (χ2v) is 3.86. The van der Waals surface area contributed by atoms with Crippen LogP contribution in [-0.2, 0) is 4.74 Å². The summed E-state index contributed by atoms with van der Waals surface area (Å²) in [5.41, 5.74) is 0. The second kappa shape index (κ2) is 5.26. The Kier molecular flexibility index (Phi) is 4.27. The van der Waals surface area contributed by atoms with E-state index >= 15 is 0 Å². The van der Waals surface area contributed by atoms with E-state index in [4.69, 9.17) is 4.74 Å². The summed E-state index contributed by atoms with van der Waals surface area (Å²) in [7, 11) is 1.79. The summed E-state index contributed by atoms with van der Waals surface area (Å²) in [5, 5.41) is 0. The third-order valence-corrected chi connectivity index (χ3v) is 2.26. The first-order chi connectivity index (χ1) is 6.22. The highest BCUT2D eigenvalue weighted by molar-refractivity contribution is 5.04. The summed E-state index contributed by atoms with van der Waals surface area (Å²) < 4.78 is 5.28. The molecule has 2 nitrogen and oxygen atoms in total. The molecule has 1 rings (SSSR count). The molecule has 1 fully saturated rings. The van der Waals surface area contributed by atoms with Gasteiger partial charge in [0.05, 0.1) is 12.6 Å². The van der Waals surface area contributed by atoms with E-state index < -0.39 is 0 Å². The maximum atomic E-state index is 5.28. The Morgan fingerprint density at radius 1 is 1.54 bits per heavy atom. The summed E-state index contributed by atoms with van der Waals surface area (Å²) in [6, 6.07) is 0. The minimum absolute atomic E-state index is 0.431. The normalized spacial score (nSPS) is 23.2. The Hall–Kier alpha value is -0.520. The van der Waals surface area contributed by atoms with Crippen molar-refractivity contribution in [3.8, 4) is 11.8 Å². The van der Waals surface area contributed by atoms with Crippen LogP contribution in [0.15, 0.2) is 0 Å². The number of nitrogens with zero attached hydrogens (tertiary/aromatic N) is 1. The van der Waals surface area contributed by atoms with Crippen molar-refractivity contribution in [1.29, 1.82) is 0 Å². The Labute approximate surface area is 81.3 Å². The highest BCUT2D eigenvalue weighted by atomic mass is 16.5. The zero-order valence-corrected chi connectivity index (χ0v) is 8.84. The van der Waals surface area contributed by atoms with Gasteiger partial charge >= 0.3 is 0 Å². The van der Waals surface area contributed by atoms with Crippen LogP contribution < -0.4 is 0 Å². The average Bonchev–Trinajstić information content (AvgIpc) is 2.52. The van der Waals surface area contributed by atoms with Crippen LogP contribution in [0.4, 0.5) is 0 Å². The minimum Gasteiger partial charge on any atom is -0.380 e. The van der Waals surface area contributed by atoms with E-state index in [0.29, 0.717) is 12.0 Å². The van der Waals surface area contributed by atoms with Crippen LogP contribution in [0, 0.1) is 17.8 Å². The maximum Gasteiger partial charge on any atom is 0.0710 e. The SMILES string of the molecule is COC1CCN(CC#CC(C)C)C1. The van der Waals surface area contributed by atoms with Gasteiger partial charge in [0, 0.05) is 26.1 Å². The van der Waals surface area contributed by atoms with E-state index in [1.807, 2.05) is 0 Å². The zero-order chi connectivity index (χ0) is 9.68. The first-order valence-electron chi connectivity index (χ1n) is 4.96. The van der Waals surface area contributed by atoms with Crippen molar-refractivity contribution in [3.63, 3.8) is 0 Å². The molecule has 1 aliphatic rings. The lowest BCUT2D eigenvalue weighted by Gasteiger charge is -2.11. The van der Waals surface area contributed by atoms with Crippen molar-refractivity contribution >= 4 is 0 Å². The van der Waals surface area contributed by atoms with Crippen LogP contribution in [0.2, 0.25) is 0 Å². The van der Waals surface area contributed by atoms with Crippen LogP contribution in [0.3, 0.4) is 0 Å². The van der Waals surface area contributed by atoms with Gasteiger partial charge in [0.2, 0.25) is 0 Å². The zero-order valence-electron chi connectivity index (χ0n) is 8.84. The lowest BCUT2D eigenvalue weighted by Crippen LogP contribution is -2.23. The molecule has 0 N–H and O–H groups in total. The average molecular weight is 181 g/mol. The fourth-order valence-corrected chi connectivity index (χ4v) is 1.49. The molecule has 1 saturated heterocycles. The van der Waals surface area contributed by atoms with Gasteiger partial charge in [-0.05, 0) is 6.42 Å². The molecule has 0 radical (unpaired) electrons. The summed E-state index contributed by atoms with van der Waals surface area (Å²) >= 11 is 0. The molecule has 0 bridgehead atoms. The van der Waals surface area contributed by atoms with Crippen LogP contribution in [0.25, 0.3) is 0 Å². The van der Waals surface area contributed by atoms with E-state index in [1.54, 1.807) is 7.11 Å². The molecular formula is C11H19NO. The van der Waals surface area contributed by atoms with Crippen molar-refractivity contribution in [2.75, 3.05) is 26.7 Å². The summed E-state index contributed by atoms with van der Waals surface area (Å²) in [6.45, 7) is 7.32. The monoisotopic (exact) mass is 181 g/mol. The number of methoxy groups -OCH3 is 1. The molecule has 2 heteroatoms. The van der Waals surface area contributed by atoms with Gasteiger partial charge in [0.1, 0.15) is 0 Å². The highest BCUT2D eigenvalue weighted by Crippen LogP contribution is 2.10. The van der Waals surface area contributed by atoms with Gasteiger partial charge in [0.25, 0.3) is 0 Å². The Morgan fingerprint density at radius 2 is 2.31 bits per heavy atom. The Balaban J connectivity index is 2.22. The second-order valence-electron chi connectivity index (χ2n) is 3.86. The number of hydrogen-bond donors (Lipinski definition) is 0. The van der Waals surface area contributed by atoms with Gasteiger partial charge in [-0.1, -0.05) is 25.7 Å². The van der Waals surface area contributed by atoms with Crippen LogP contribution in [0.1, 0.15) is 20.3 Å². The third kappa shape index (κ3) is 3.80. The van der Waals surface area contributed by atoms with Gasteiger partial charge < -0.3 is 4.74 Å². The molecule has 74 valence electrons. The molecule has 0 aromatic heterocycles.